The molecule has 2 unspecified atom stereocenters. The Morgan fingerprint density at radius 1 is 1.48 bits per heavy atom. The maximum Gasteiger partial charge on any atom is 0.193 e. The summed E-state index contributed by atoms with van der Waals surface area (Å²) >= 11 is 0. The van der Waals surface area contributed by atoms with Gasteiger partial charge in [0.1, 0.15) is 5.82 Å². The second-order valence-electron chi connectivity index (χ2n) is 6.66. The molecule has 0 radical (unpaired) electrons. The Morgan fingerprint density at radius 2 is 2.26 bits per heavy atom. The number of benzene rings is 1. The normalized spacial score (nSPS) is 20.7. The van der Waals surface area contributed by atoms with Crippen molar-refractivity contribution in [1.82, 2.24) is 15.1 Å². The highest BCUT2D eigenvalue weighted by Gasteiger charge is 2.21. The van der Waals surface area contributed by atoms with Crippen LogP contribution < -0.4 is 5.32 Å². The van der Waals surface area contributed by atoms with E-state index in [1.807, 2.05) is 27.2 Å². The Labute approximate surface area is 139 Å². The van der Waals surface area contributed by atoms with Crippen LogP contribution >= 0.6 is 0 Å². The molecular formula is C18H29FN4. The van der Waals surface area contributed by atoms with Crippen molar-refractivity contribution >= 4 is 5.96 Å². The molecule has 4 nitrogen and oxygen atoms in total. The van der Waals surface area contributed by atoms with Crippen LogP contribution in [0.25, 0.3) is 0 Å². The van der Waals surface area contributed by atoms with Gasteiger partial charge in [-0.05, 0) is 50.6 Å². The predicted octanol–water partition coefficient (Wildman–Crippen LogP) is 2.74. The molecule has 2 atom stereocenters. The van der Waals surface area contributed by atoms with Gasteiger partial charge in [0.2, 0.25) is 0 Å². The molecule has 128 valence electrons. The molecule has 0 spiro atoms. The third kappa shape index (κ3) is 4.93. The van der Waals surface area contributed by atoms with Crippen molar-refractivity contribution in [2.75, 3.05) is 40.8 Å². The Balaban J connectivity index is 2.02. The van der Waals surface area contributed by atoms with E-state index in [4.69, 9.17) is 0 Å². The fourth-order valence-electron chi connectivity index (χ4n) is 3.21. The maximum absolute atomic E-state index is 13.5. The number of halogens is 1. The standard InChI is InChI=1S/C18H29FN4/c1-14-7-6-10-23(13-14)18(20-2)21-12-17(22(3)4)15-8-5-9-16(19)11-15/h5,8-9,11,14,17H,6-7,10,12-13H2,1-4H3,(H,20,21). The first-order valence-corrected chi connectivity index (χ1v) is 8.38. The van der Waals surface area contributed by atoms with Gasteiger partial charge < -0.3 is 15.1 Å². The van der Waals surface area contributed by atoms with E-state index in [9.17, 15) is 4.39 Å². The van der Waals surface area contributed by atoms with E-state index in [2.05, 4.69) is 27.0 Å². The third-order valence-electron chi connectivity index (χ3n) is 4.48. The SMILES string of the molecule is CN=C(NCC(c1cccc(F)c1)N(C)C)N1CCCC(C)C1. The summed E-state index contributed by atoms with van der Waals surface area (Å²) in [7, 11) is 5.86. The summed E-state index contributed by atoms with van der Waals surface area (Å²) in [5, 5.41) is 3.47. The lowest BCUT2D eigenvalue weighted by Gasteiger charge is -2.35. The van der Waals surface area contributed by atoms with Crippen molar-refractivity contribution in [2.24, 2.45) is 10.9 Å². The minimum absolute atomic E-state index is 0.102. The average molecular weight is 320 g/mol. The topological polar surface area (TPSA) is 30.9 Å². The van der Waals surface area contributed by atoms with Crippen LogP contribution in [0, 0.1) is 11.7 Å². The molecule has 0 aromatic heterocycles. The lowest BCUT2D eigenvalue weighted by atomic mass is 10.0. The first kappa shape index (κ1) is 17.7. The molecule has 23 heavy (non-hydrogen) atoms. The number of aliphatic imine (C=N–C) groups is 1. The van der Waals surface area contributed by atoms with Crippen LogP contribution in [-0.2, 0) is 0 Å². The number of likely N-dealkylation sites (tertiary alicyclic amines) is 1. The van der Waals surface area contributed by atoms with Crippen molar-refractivity contribution in [3.63, 3.8) is 0 Å². The van der Waals surface area contributed by atoms with Crippen molar-refractivity contribution in [1.29, 1.82) is 0 Å². The summed E-state index contributed by atoms with van der Waals surface area (Å²) in [5.74, 6) is 1.46. The molecule has 0 aliphatic carbocycles. The first-order valence-electron chi connectivity index (χ1n) is 8.38. The summed E-state index contributed by atoms with van der Waals surface area (Å²) in [6.45, 7) is 5.09. The van der Waals surface area contributed by atoms with Crippen molar-refractivity contribution < 1.29 is 4.39 Å². The summed E-state index contributed by atoms with van der Waals surface area (Å²) in [6, 6.07) is 6.93. The smallest absolute Gasteiger partial charge is 0.193 e. The molecule has 1 saturated heterocycles. The van der Waals surface area contributed by atoms with Crippen molar-refractivity contribution in [3.8, 4) is 0 Å². The number of piperidine rings is 1. The van der Waals surface area contributed by atoms with Gasteiger partial charge in [-0.3, -0.25) is 4.99 Å². The highest BCUT2D eigenvalue weighted by Crippen LogP contribution is 2.19. The molecule has 1 aliphatic rings. The largest absolute Gasteiger partial charge is 0.354 e. The zero-order valence-corrected chi connectivity index (χ0v) is 14.7. The van der Waals surface area contributed by atoms with E-state index in [1.54, 1.807) is 12.1 Å². The Hall–Kier alpha value is -1.62. The third-order valence-corrected chi connectivity index (χ3v) is 4.48. The predicted molar refractivity (Wildman–Crippen MR) is 94.2 cm³/mol. The van der Waals surface area contributed by atoms with E-state index in [1.165, 1.54) is 18.9 Å². The van der Waals surface area contributed by atoms with E-state index in [0.717, 1.165) is 24.6 Å². The van der Waals surface area contributed by atoms with Gasteiger partial charge in [-0.15, -0.1) is 0 Å². The van der Waals surface area contributed by atoms with Crippen LogP contribution in [0.4, 0.5) is 4.39 Å². The summed E-state index contributed by atoms with van der Waals surface area (Å²) < 4.78 is 13.5. The van der Waals surface area contributed by atoms with Gasteiger partial charge in [0.25, 0.3) is 0 Å². The summed E-state index contributed by atoms with van der Waals surface area (Å²) in [6.07, 6.45) is 2.50. The second-order valence-corrected chi connectivity index (χ2v) is 6.66. The van der Waals surface area contributed by atoms with Gasteiger partial charge >= 0.3 is 0 Å². The molecule has 0 saturated carbocycles. The summed E-state index contributed by atoms with van der Waals surface area (Å²) in [5.41, 5.74) is 0.977. The van der Waals surface area contributed by atoms with E-state index in [0.29, 0.717) is 12.5 Å². The number of nitrogens with one attached hydrogen (secondary N) is 1. The zero-order valence-electron chi connectivity index (χ0n) is 14.7. The number of rotatable bonds is 4. The molecule has 1 fully saturated rings. The molecule has 0 amide bonds. The highest BCUT2D eigenvalue weighted by molar-refractivity contribution is 5.80. The van der Waals surface area contributed by atoms with Crippen molar-refractivity contribution in [3.05, 3.63) is 35.6 Å². The molecular weight excluding hydrogens is 291 g/mol. The average Bonchev–Trinajstić information content (AvgIpc) is 2.51. The summed E-state index contributed by atoms with van der Waals surface area (Å²) in [4.78, 5) is 8.86. The van der Waals surface area contributed by atoms with Crippen LogP contribution in [0.5, 0.6) is 0 Å². The minimum atomic E-state index is -0.191. The molecule has 1 aromatic rings. The van der Waals surface area contributed by atoms with Gasteiger partial charge in [0.05, 0.1) is 6.04 Å². The van der Waals surface area contributed by atoms with Gasteiger partial charge in [-0.25, -0.2) is 4.39 Å². The van der Waals surface area contributed by atoms with Gasteiger partial charge in [0, 0.05) is 26.7 Å². The zero-order chi connectivity index (χ0) is 16.8. The number of likely N-dealkylation sites (N-methyl/N-ethyl adjacent to an activating group) is 1. The Kier molecular flexibility index (Phi) is 6.39. The van der Waals surface area contributed by atoms with Gasteiger partial charge in [-0.2, -0.15) is 0 Å². The second kappa shape index (κ2) is 8.29. The molecule has 2 rings (SSSR count). The van der Waals surface area contributed by atoms with Crippen LogP contribution in [0.1, 0.15) is 31.4 Å². The fourth-order valence-corrected chi connectivity index (χ4v) is 3.21. The monoisotopic (exact) mass is 320 g/mol. The molecule has 1 aliphatic heterocycles. The molecule has 0 bridgehead atoms. The minimum Gasteiger partial charge on any atom is -0.354 e. The number of nitrogens with zero attached hydrogens (tertiary/aromatic N) is 3. The lowest BCUT2D eigenvalue weighted by Crippen LogP contribution is -2.48. The van der Waals surface area contributed by atoms with Crippen LogP contribution in [0.3, 0.4) is 0 Å². The van der Waals surface area contributed by atoms with Crippen LogP contribution in [-0.4, -0.2) is 56.5 Å². The first-order chi connectivity index (χ1) is 11.0. The molecule has 1 aromatic carbocycles. The van der Waals surface area contributed by atoms with Gasteiger partial charge in [0.15, 0.2) is 5.96 Å². The number of hydrogen-bond acceptors (Lipinski definition) is 2. The quantitative estimate of drug-likeness (QED) is 0.683. The Bertz CT molecular complexity index is 530. The fraction of sp³-hybridized carbons (Fsp3) is 0.611. The lowest BCUT2D eigenvalue weighted by molar-refractivity contribution is 0.258. The van der Waals surface area contributed by atoms with Gasteiger partial charge in [-0.1, -0.05) is 19.1 Å². The number of hydrogen-bond donors (Lipinski definition) is 1. The Morgan fingerprint density at radius 3 is 2.87 bits per heavy atom. The van der Waals surface area contributed by atoms with E-state index >= 15 is 0 Å². The number of guanidine groups is 1. The maximum atomic E-state index is 13.5. The van der Waals surface area contributed by atoms with E-state index < -0.39 is 0 Å². The molecule has 1 heterocycles. The van der Waals surface area contributed by atoms with Crippen LogP contribution in [0.2, 0.25) is 0 Å². The van der Waals surface area contributed by atoms with Crippen molar-refractivity contribution in [2.45, 2.75) is 25.8 Å². The molecule has 1 N–H and O–H groups in total. The highest BCUT2D eigenvalue weighted by atomic mass is 19.1. The molecule has 5 heteroatoms. The van der Waals surface area contributed by atoms with Crippen LogP contribution in [0.15, 0.2) is 29.3 Å². The van der Waals surface area contributed by atoms with E-state index in [-0.39, 0.29) is 11.9 Å².